The van der Waals surface area contributed by atoms with Crippen molar-refractivity contribution in [1.29, 1.82) is 0 Å². The van der Waals surface area contributed by atoms with Crippen molar-refractivity contribution >= 4 is 15.9 Å². The number of fused-ring (bicyclic) bond motifs is 1. The Balaban J connectivity index is 1.68. The van der Waals surface area contributed by atoms with E-state index in [9.17, 15) is 5.11 Å². The third kappa shape index (κ3) is 4.50. The number of benzene rings is 2. The van der Waals surface area contributed by atoms with Crippen molar-refractivity contribution in [2.45, 2.75) is 13.0 Å². The maximum atomic E-state index is 9.38. The summed E-state index contributed by atoms with van der Waals surface area (Å²) in [4.78, 5) is 2.25. The van der Waals surface area contributed by atoms with E-state index in [2.05, 4.69) is 45.1 Å². The minimum absolute atomic E-state index is 0.150. The molecule has 128 valence electrons. The second kappa shape index (κ2) is 8.51. The molecule has 0 amide bonds. The number of aliphatic hydroxyl groups excluding tert-OH is 1. The molecule has 4 nitrogen and oxygen atoms in total. The first-order chi connectivity index (χ1) is 11.8. The highest BCUT2D eigenvalue weighted by Gasteiger charge is 2.16. The lowest BCUT2D eigenvalue weighted by Gasteiger charge is -2.24. The van der Waals surface area contributed by atoms with Crippen molar-refractivity contribution in [2.75, 3.05) is 32.9 Å². The van der Waals surface area contributed by atoms with E-state index in [1.165, 1.54) is 5.56 Å². The molecule has 0 aromatic heterocycles. The average molecular weight is 392 g/mol. The Morgan fingerprint density at radius 2 is 1.71 bits per heavy atom. The van der Waals surface area contributed by atoms with E-state index < -0.39 is 0 Å². The van der Waals surface area contributed by atoms with Gasteiger partial charge in [-0.15, -0.1) is 0 Å². The molecule has 0 spiro atoms. The van der Waals surface area contributed by atoms with Crippen LogP contribution in [-0.4, -0.2) is 42.9 Å². The lowest BCUT2D eigenvalue weighted by Crippen LogP contribution is -2.29. The molecule has 0 atom stereocenters. The SMILES string of the molecule is OCCN(CCc1ccccc1)Cc1cc2c(cc1Br)OCCO2. The van der Waals surface area contributed by atoms with Gasteiger partial charge in [-0.05, 0) is 29.7 Å². The molecule has 0 radical (unpaired) electrons. The summed E-state index contributed by atoms with van der Waals surface area (Å²) in [7, 11) is 0. The van der Waals surface area contributed by atoms with Gasteiger partial charge in [-0.1, -0.05) is 46.3 Å². The van der Waals surface area contributed by atoms with Crippen LogP contribution < -0.4 is 9.47 Å². The Morgan fingerprint density at radius 3 is 2.42 bits per heavy atom. The van der Waals surface area contributed by atoms with E-state index in [1.54, 1.807) is 0 Å². The molecular formula is C19H22BrNO3. The van der Waals surface area contributed by atoms with Gasteiger partial charge < -0.3 is 14.6 Å². The second-order valence-electron chi connectivity index (χ2n) is 5.82. The normalized spacial score (nSPS) is 13.3. The molecule has 1 aliphatic rings. The van der Waals surface area contributed by atoms with Gasteiger partial charge >= 0.3 is 0 Å². The van der Waals surface area contributed by atoms with Crippen molar-refractivity contribution in [1.82, 2.24) is 4.90 Å². The third-order valence-corrected chi connectivity index (χ3v) is 4.82. The van der Waals surface area contributed by atoms with Crippen LogP contribution in [0.15, 0.2) is 46.9 Å². The molecule has 0 saturated heterocycles. The van der Waals surface area contributed by atoms with Crippen molar-refractivity contribution in [3.8, 4) is 11.5 Å². The van der Waals surface area contributed by atoms with E-state index in [1.807, 2.05) is 18.2 Å². The molecule has 0 fully saturated rings. The fraction of sp³-hybridized carbons (Fsp3) is 0.368. The maximum Gasteiger partial charge on any atom is 0.162 e. The lowest BCUT2D eigenvalue weighted by molar-refractivity contribution is 0.170. The monoisotopic (exact) mass is 391 g/mol. The summed E-state index contributed by atoms with van der Waals surface area (Å²) >= 11 is 3.63. The summed E-state index contributed by atoms with van der Waals surface area (Å²) in [6, 6.07) is 14.4. The number of halogens is 1. The van der Waals surface area contributed by atoms with E-state index in [0.29, 0.717) is 19.8 Å². The maximum absolute atomic E-state index is 9.38. The smallest absolute Gasteiger partial charge is 0.162 e. The summed E-state index contributed by atoms with van der Waals surface area (Å²) in [5, 5.41) is 9.38. The van der Waals surface area contributed by atoms with Gasteiger partial charge in [-0.3, -0.25) is 4.90 Å². The van der Waals surface area contributed by atoms with Crippen LogP contribution in [0.2, 0.25) is 0 Å². The number of ether oxygens (including phenoxy) is 2. The Kier molecular flexibility index (Phi) is 6.12. The Bertz CT molecular complexity index is 663. The summed E-state index contributed by atoms with van der Waals surface area (Å²) in [5.41, 5.74) is 2.45. The summed E-state index contributed by atoms with van der Waals surface area (Å²) in [5.74, 6) is 1.58. The zero-order valence-corrected chi connectivity index (χ0v) is 15.2. The predicted molar refractivity (Wildman–Crippen MR) is 97.6 cm³/mol. The zero-order chi connectivity index (χ0) is 16.8. The van der Waals surface area contributed by atoms with Crippen LogP contribution in [0.3, 0.4) is 0 Å². The van der Waals surface area contributed by atoms with Gasteiger partial charge in [0.15, 0.2) is 11.5 Å². The minimum atomic E-state index is 0.150. The second-order valence-corrected chi connectivity index (χ2v) is 6.68. The summed E-state index contributed by atoms with van der Waals surface area (Å²) in [6.07, 6.45) is 0.961. The zero-order valence-electron chi connectivity index (χ0n) is 13.6. The predicted octanol–water partition coefficient (Wildman–Crippen LogP) is 3.26. The first-order valence-corrected chi connectivity index (χ1v) is 9.00. The van der Waals surface area contributed by atoms with E-state index >= 15 is 0 Å². The summed E-state index contributed by atoms with van der Waals surface area (Å²) < 4.78 is 12.3. The molecule has 24 heavy (non-hydrogen) atoms. The lowest BCUT2D eigenvalue weighted by atomic mass is 10.1. The highest BCUT2D eigenvalue weighted by molar-refractivity contribution is 9.10. The van der Waals surface area contributed by atoms with Gasteiger partial charge in [0, 0.05) is 24.1 Å². The van der Waals surface area contributed by atoms with Gasteiger partial charge in [-0.25, -0.2) is 0 Å². The van der Waals surface area contributed by atoms with Gasteiger partial charge in [-0.2, -0.15) is 0 Å². The van der Waals surface area contributed by atoms with Crippen LogP contribution in [0.5, 0.6) is 11.5 Å². The van der Waals surface area contributed by atoms with Gasteiger partial charge in [0.05, 0.1) is 6.61 Å². The van der Waals surface area contributed by atoms with Crippen LogP contribution in [-0.2, 0) is 13.0 Å². The molecule has 1 aliphatic heterocycles. The number of rotatable bonds is 7. The Morgan fingerprint density at radius 1 is 1.00 bits per heavy atom. The minimum Gasteiger partial charge on any atom is -0.486 e. The fourth-order valence-corrected chi connectivity index (χ4v) is 3.26. The van der Waals surface area contributed by atoms with Crippen LogP contribution in [0.25, 0.3) is 0 Å². The van der Waals surface area contributed by atoms with Gasteiger partial charge in [0.1, 0.15) is 13.2 Å². The van der Waals surface area contributed by atoms with Crippen molar-refractivity contribution in [3.63, 3.8) is 0 Å². The molecule has 1 heterocycles. The largest absolute Gasteiger partial charge is 0.486 e. The third-order valence-electron chi connectivity index (χ3n) is 4.08. The van der Waals surface area contributed by atoms with Crippen LogP contribution in [0, 0.1) is 0 Å². The van der Waals surface area contributed by atoms with Crippen molar-refractivity contribution in [2.24, 2.45) is 0 Å². The van der Waals surface area contributed by atoms with E-state index in [-0.39, 0.29) is 6.61 Å². The quantitative estimate of drug-likeness (QED) is 0.786. The van der Waals surface area contributed by atoms with Crippen molar-refractivity contribution < 1.29 is 14.6 Å². The van der Waals surface area contributed by atoms with Crippen LogP contribution >= 0.6 is 15.9 Å². The number of hydrogen-bond donors (Lipinski definition) is 1. The molecule has 2 aromatic carbocycles. The number of nitrogens with zero attached hydrogens (tertiary/aromatic N) is 1. The van der Waals surface area contributed by atoms with Gasteiger partial charge in [0.2, 0.25) is 0 Å². The topological polar surface area (TPSA) is 41.9 Å². The molecule has 0 aliphatic carbocycles. The molecule has 5 heteroatoms. The van der Waals surface area contributed by atoms with Crippen LogP contribution in [0.4, 0.5) is 0 Å². The number of hydrogen-bond acceptors (Lipinski definition) is 4. The fourth-order valence-electron chi connectivity index (χ4n) is 2.81. The first-order valence-electron chi connectivity index (χ1n) is 8.21. The highest BCUT2D eigenvalue weighted by atomic mass is 79.9. The average Bonchev–Trinajstić information content (AvgIpc) is 2.61. The molecule has 0 bridgehead atoms. The van der Waals surface area contributed by atoms with E-state index in [0.717, 1.165) is 41.0 Å². The Hall–Kier alpha value is -1.56. The van der Waals surface area contributed by atoms with Crippen molar-refractivity contribution in [3.05, 3.63) is 58.1 Å². The molecule has 1 N–H and O–H groups in total. The van der Waals surface area contributed by atoms with Crippen LogP contribution in [0.1, 0.15) is 11.1 Å². The molecule has 0 unspecified atom stereocenters. The Labute approximate surface area is 151 Å². The first kappa shape index (κ1) is 17.3. The standard InChI is InChI=1S/C19H22BrNO3/c20-17-13-19-18(23-10-11-24-19)12-16(17)14-21(8-9-22)7-6-15-4-2-1-3-5-15/h1-5,12-13,22H,6-11,14H2. The summed E-state index contributed by atoms with van der Waals surface area (Å²) in [6.45, 7) is 3.62. The number of aliphatic hydroxyl groups is 1. The van der Waals surface area contributed by atoms with Gasteiger partial charge in [0.25, 0.3) is 0 Å². The highest BCUT2D eigenvalue weighted by Crippen LogP contribution is 2.36. The van der Waals surface area contributed by atoms with E-state index in [4.69, 9.17) is 9.47 Å². The molecule has 0 saturated carbocycles. The molecule has 2 aromatic rings. The molecular weight excluding hydrogens is 370 g/mol. The molecule has 3 rings (SSSR count).